The van der Waals surface area contributed by atoms with Crippen LogP contribution >= 0.6 is 0 Å². The second-order valence-electron chi connectivity index (χ2n) is 7.19. The Bertz CT molecular complexity index is 1080. The molecule has 1 aromatic carbocycles. The van der Waals surface area contributed by atoms with Gasteiger partial charge in [-0.15, -0.1) is 0 Å². The molecule has 1 aliphatic rings. The minimum Gasteiger partial charge on any atom is -0.353 e. The monoisotopic (exact) mass is 406 g/mol. The summed E-state index contributed by atoms with van der Waals surface area (Å²) in [5.74, 6) is 1.13. The first-order valence-corrected chi connectivity index (χ1v) is 9.82. The fourth-order valence-corrected chi connectivity index (χ4v) is 3.40. The Hall–Kier alpha value is -3.55. The highest BCUT2D eigenvalue weighted by Crippen LogP contribution is 2.18. The van der Waals surface area contributed by atoms with Gasteiger partial charge < -0.3 is 9.80 Å². The van der Waals surface area contributed by atoms with Crippen LogP contribution in [0, 0.1) is 19.7 Å². The Morgan fingerprint density at radius 2 is 1.77 bits per heavy atom. The van der Waals surface area contributed by atoms with E-state index in [0.717, 1.165) is 23.0 Å². The molecule has 4 rings (SSSR count). The molecule has 0 unspecified atom stereocenters. The number of aryl methyl sites for hydroxylation is 1. The maximum atomic E-state index is 13.7. The van der Waals surface area contributed by atoms with E-state index in [4.69, 9.17) is 0 Å². The van der Waals surface area contributed by atoms with E-state index in [1.165, 1.54) is 18.2 Å². The summed E-state index contributed by atoms with van der Waals surface area (Å²) in [5.41, 5.74) is 2.41. The van der Waals surface area contributed by atoms with Crippen molar-refractivity contribution in [2.75, 3.05) is 31.1 Å². The molecular weight excluding hydrogens is 383 g/mol. The molecule has 154 valence electrons. The summed E-state index contributed by atoms with van der Waals surface area (Å²) in [5, 5.41) is 0. The number of piperazine rings is 1. The predicted molar refractivity (Wildman–Crippen MR) is 113 cm³/mol. The highest BCUT2D eigenvalue weighted by molar-refractivity contribution is 5.92. The number of hydrogen-bond acceptors (Lipinski definition) is 5. The molecule has 0 bridgehead atoms. The van der Waals surface area contributed by atoms with Gasteiger partial charge >= 0.3 is 0 Å². The van der Waals surface area contributed by atoms with E-state index in [2.05, 4.69) is 19.9 Å². The molecule has 3 aromatic rings. The van der Waals surface area contributed by atoms with Gasteiger partial charge in [0.2, 0.25) is 5.91 Å². The van der Waals surface area contributed by atoms with Crippen molar-refractivity contribution in [1.29, 1.82) is 0 Å². The maximum absolute atomic E-state index is 13.7. The van der Waals surface area contributed by atoms with Gasteiger partial charge in [0.25, 0.3) is 0 Å². The second-order valence-corrected chi connectivity index (χ2v) is 7.19. The standard InChI is InChI=1S/C22H23FN6O/c1-16-17(2)29(15-26-16)21-13-20(24-14-25-21)27-9-11-28(12-10-27)22(30)8-7-18-5-3-4-6-19(18)23/h3-8,13-15H,9-12H2,1-2H3/b8-7+. The average Bonchev–Trinajstić information content (AvgIpc) is 3.11. The van der Waals surface area contributed by atoms with E-state index in [9.17, 15) is 9.18 Å². The number of halogens is 1. The lowest BCUT2D eigenvalue weighted by atomic mass is 10.2. The summed E-state index contributed by atoms with van der Waals surface area (Å²) in [4.78, 5) is 29.5. The Kier molecular flexibility index (Phi) is 5.56. The molecule has 0 spiro atoms. The van der Waals surface area contributed by atoms with Crippen molar-refractivity contribution < 1.29 is 9.18 Å². The molecule has 3 heterocycles. The Labute approximate surface area is 174 Å². The quantitative estimate of drug-likeness (QED) is 0.624. The van der Waals surface area contributed by atoms with Gasteiger partial charge in [-0.3, -0.25) is 9.36 Å². The zero-order valence-corrected chi connectivity index (χ0v) is 17.0. The van der Waals surface area contributed by atoms with Gasteiger partial charge in [0.1, 0.15) is 30.1 Å². The largest absolute Gasteiger partial charge is 0.353 e. The lowest BCUT2D eigenvalue weighted by Gasteiger charge is -2.35. The number of anilines is 1. The van der Waals surface area contributed by atoms with Crippen molar-refractivity contribution in [2.45, 2.75) is 13.8 Å². The first-order chi connectivity index (χ1) is 14.5. The van der Waals surface area contributed by atoms with Crippen LogP contribution in [0.1, 0.15) is 17.0 Å². The van der Waals surface area contributed by atoms with Crippen LogP contribution in [0.3, 0.4) is 0 Å². The molecule has 1 saturated heterocycles. The summed E-state index contributed by atoms with van der Waals surface area (Å²) in [7, 11) is 0. The van der Waals surface area contributed by atoms with Crippen LogP contribution in [0.5, 0.6) is 0 Å². The highest BCUT2D eigenvalue weighted by Gasteiger charge is 2.21. The van der Waals surface area contributed by atoms with Crippen LogP contribution in [0.4, 0.5) is 10.2 Å². The molecule has 1 amide bonds. The third kappa shape index (κ3) is 4.07. The molecule has 30 heavy (non-hydrogen) atoms. The van der Waals surface area contributed by atoms with E-state index >= 15 is 0 Å². The number of imidazole rings is 1. The topological polar surface area (TPSA) is 67.2 Å². The minimum atomic E-state index is -0.339. The van der Waals surface area contributed by atoms with E-state index in [0.29, 0.717) is 31.7 Å². The molecule has 2 aromatic heterocycles. The van der Waals surface area contributed by atoms with Gasteiger partial charge in [0.05, 0.1) is 5.69 Å². The fourth-order valence-electron chi connectivity index (χ4n) is 3.40. The molecule has 0 atom stereocenters. The zero-order chi connectivity index (χ0) is 21.1. The van der Waals surface area contributed by atoms with Gasteiger partial charge in [-0.25, -0.2) is 19.3 Å². The molecule has 1 aliphatic heterocycles. The van der Waals surface area contributed by atoms with Crippen LogP contribution in [0.2, 0.25) is 0 Å². The number of hydrogen-bond donors (Lipinski definition) is 0. The van der Waals surface area contributed by atoms with Crippen molar-refractivity contribution in [3.8, 4) is 5.82 Å². The number of carbonyl (C=O) groups excluding carboxylic acids is 1. The number of amides is 1. The number of carbonyl (C=O) groups is 1. The molecule has 0 radical (unpaired) electrons. The average molecular weight is 406 g/mol. The van der Waals surface area contributed by atoms with Crippen molar-refractivity contribution in [3.05, 3.63) is 71.8 Å². The molecular formula is C22H23FN6O. The molecule has 0 N–H and O–H groups in total. The number of nitrogens with zero attached hydrogens (tertiary/aromatic N) is 6. The summed E-state index contributed by atoms with van der Waals surface area (Å²) in [6.07, 6.45) is 6.26. The Morgan fingerprint density at radius 3 is 2.47 bits per heavy atom. The van der Waals surface area contributed by atoms with Crippen LogP contribution in [-0.2, 0) is 4.79 Å². The number of benzene rings is 1. The molecule has 8 heteroatoms. The van der Waals surface area contributed by atoms with E-state index in [1.807, 2.05) is 24.5 Å². The number of rotatable bonds is 4. The molecule has 1 fully saturated rings. The summed E-state index contributed by atoms with van der Waals surface area (Å²) in [6.45, 7) is 6.44. The minimum absolute atomic E-state index is 0.120. The van der Waals surface area contributed by atoms with E-state index in [1.54, 1.807) is 35.8 Å². The van der Waals surface area contributed by atoms with Crippen LogP contribution in [-0.4, -0.2) is 56.5 Å². The van der Waals surface area contributed by atoms with Crippen molar-refractivity contribution in [1.82, 2.24) is 24.4 Å². The van der Waals surface area contributed by atoms with Crippen molar-refractivity contribution in [2.24, 2.45) is 0 Å². The third-order valence-electron chi connectivity index (χ3n) is 5.36. The maximum Gasteiger partial charge on any atom is 0.246 e. The zero-order valence-electron chi connectivity index (χ0n) is 17.0. The smallest absolute Gasteiger partial charge is 0.246 e. The first-order valence-electron chi connectivity index (χ1n) is 9.82. The van der Waals surface area contributed by atoms with Crippen molar-refractivity contribution >= 4 is 17.8 Å². The van der Waals surface area contributed by atoms with E-state index < -0.39 is 0 Å². The lowest BCUT2D eigenvalue weighted by Crippen LogP contribution is -2.48. The van der Waals surface area contributed by atoms with Crippen molar-refractivity contribution in [3.63, 3.8) is 0 Å². The molecule has 0 saturated carbocycles. The SMILES string of the molecule is Cc1ncn(-c2cc(N3CCN(C(=O)/C=C/c4ccccc4F)CC3)ncn2)c1C. The summed E-state index contributed by atoms with van der Waals surface area (Å²) >= 11 is 0. The van der Waals surface area contributed by atoms with Gasteiger partial charge in [0.15, 0.2) is 0 Å². The highest BCUT2D eigenvalue weighted by atomic mass is 19.1. The first kappa shape index (κ1) is 19.8. The summed E-state index contributed by atoms with van der Waals surface area (Å²) < 4.78 is 15.6. The summed E-state index contributed by atoms with van der Waals surface area (Å²) in [6, 6.07) is 8.33. The van der Waals surface area contributed by atoms with E-state index in [-0.39, 0.29) is 11.7 Å². The third-order valence-corrected chi connectivity index (χ3v) is 5.36. The molecule has 0 aliphatic carbocycles. The van der Waals surface area contributed by atoms with Gasteiger partial charge in [-0.05, 0) is 26.0 Å². The Morgan fingerprint density at radius 1 is 1.03 bits per heavy atom. The Balaban J connectivity index is 1.40. The lowest BCUT2D eigenvalue weighted by molar-refractivity contribution is -0.126. The molecule has 7 nitrogen and oxygen atoms in total. The van der Waals surface area contributed by atoms with Crippen LogP contribution in [0.25, 0.3) is 11.9 Å². The predicted octanol–water partition coefficient (Wildman–Crippen LogP) is 2.78. The second kappa shape index (κ2) is 8.44. The van der Waals surface area contributed by atoms with Gasteiger partial charge in [-0.1, -0.05) is 18.2 Å². The number of aromatic nitrogens is 4. The van der Waals surface area contributed by atoms with Gasteiger partial charge in [-0.2, -0.15) is 0 Å². The fraction of sp³-hybridized carbons (Fsp3) is 0.273. The van der Waals surface area contributed by atoms with Gasteiger partial charge in [0, 0.05) is 49.6 Å². The van der Waals surface area contributed by atoms with Crippen LogP contribution in [0.15, 0.2) is 49.1 Å². The normalized spacial score (nSPS) is 14.5. The van der Waals surface area contributed by atoms with Crippen LogP contribution < -0.4 is 4.90 Å².